The van der Waals surface area contributed by atoms with Crippen LogP contribution in [0.1, 0.15) is 41.4 Å². The molecule has 1 heterocycles. The van der Waals surface area contributed by atoms with Crippen LogP contribution in [0.25, 0.3) is 0 Å². The maximum absolute atomic E-state index is 10.6. The number of hydrogen-bond donors (Lipinski definition) is 1. The van der Waals surface area contributed by atoms with Gasteiger partial charge >= 0.3 is 5.97 Å². The van der Waals surface area contributed by atoms with Gasteiger partial charge in [0.1, 0.15) is 0 Å². The number of aromatic carboxylic acids is 1. The maximum atomic E-state index is 10.6. The fourth-order valence-electron chi connectivity index (χ4n) is 1.44. The van der Waals surface area contributed by atoms with Crippen LogP contribution in [-0.4, -0.2) is 16.1 Å². The topological polar surface area (TPSA) is 63.3 Å². The Labute approximate surface area is 75.6 Å². The van der Waals surface area contributed by atoms with Crippen molar-refractivity contribution in [2.45, 2.75) is 26.2 Å². The minimum Gasteiger partial charge on any atom is -0.475 e. The predicted octanol–water partition coefficient (Wildman–Crippen LogP) is 1.80. The quantitative estimate of drug-likeness (QED) is 0.755. The van der Waals surface area contributed by atoms with Crippen molar-refractivity contribution in [3.8, 4) is 0 Å². The molecule has 1 aromatic heterocycles. The number of oxazole rings is 1. The molecule has 4 nitrogen and oxygen atoms in total. The first-order chi connectivity index (χ1) is 6.09. The minimum atomic E-state index is -1.04. The Morgan fingerprint density at radius 2 is 2.31 bits per heavy atom. The summed E-state index contributed by atoms with van der Waals surface area (Å²) in [6.07, 6.45) is 1.05. The van der Waals surface area contributed by atoms with Gasteiger partial charge in [0.15, 0.2) is 5.89 Å². The zero-order valence-electron chi connectivity index (χ0n) is 7.57. The summed E-state index contributed by atoms with van der Waals surface area (Å²) in [4.78, 5) is 14.7. The molecule has 4 heteroatoms. The van der Waals surface area contributed by atoms with Crippen LogP contribution in [0.4, 0.5) is 0 Å². The molecule has 1 aliphatic rings. The highest BCUT2D eigenvalue weighted by Crippen LogP contribution is 2.46. The van der Waals surface area contributed by atoms with Gasteiger partial charge in [-0.25, -0.2) is 9.78 Å². The average molecular weight is 181 g/mol. The highest BCUT2D eigenvalue weighted by Gasteiger charge is 2.39. The van der Waals surface area contributed by atoms with Crippen LogP contribution in [0.2, 0.25) is 0 Å². The number of rotatable bonds is 2. The normalized spacial score (nSPS) is 26.0. The summed E-state index contributed by atoms with van der Waals surface area (Å²) in [6, 6.07) is 0. The van der Waals surface area contributed by atoms with Crippen molar-refractivity contribution in [1.82, 2.24) is 4.98 Å². The fraction of sp³-hybridized carbons (Fsp3) is 0.556. The number of carboxylic acids is 1. The summed E-state index contributed by atoms with van der Waals surface area (Å²) >= 11 is 0. The molecule has 70 valence electrons. The number of aryl methyl sites for hydroxylation is 1. The van der Waals surface area contributed by atoms with E-state index in [4.69, 9.17) is 9.52 Å². The first kappa shape index (κ1) is 8.29. The summed E-state index contributed by atoms with van der Waals surface area (Å²) in [5.74, 6) is 0.451. The zero-order chi connectivity index (χ0) is 9.59. The van der Waals surface area contributed by atoms with Gasteiger partial charge in [0, 0.05) is 5.92 Å². The summed E-state index contributed by atoms with van der Waals surface area (Å²) in [7, 11) is 0. The highest BCUT2D eigenvalue weighted by molar-refractivity contribution is 5.85. The smallest absolute Gasteiger partial charge is 0.373 e. The SMILES string of the molecule is Cc1nc(C2CC2C)oc1C(=O)O. The van der Waals surface area contributed by atoms with Crippen LogP contribution in [0, 0.1) is 12.8 Å². The second kappa shape index (κ2) is 2.58. The molecule has 0 spiro atoms. The van der Waals surface area contributed by atoms with Gasteiger partial charge in [-0.3, -0.25) is 0 Å². The molecule has 1 fully saturated rings. The number of carbonyl (C=O) groups is 1. The van der Waals surface area contributed by atoms with Crippen LogP contribution in [0.15, 0.2) is 4.42 Å². The van der Waals surface area contributed by atoms with E-state index in [1.807, 2.05) is 0 Å². The van der Waals surface area contributed by atoms with E-state index in [1.54, 1.807) is 6.92 Å². The molecular formula is C9H11NO3. The van der Waals surface area contributed by atoms with Gasteiger partial charge in [0.05, 0.1) is 5.69 Å². The molecule has 0 saturated heterocycles. The first-order valence-electron chi connectivity index (χ1n) is 4.30. The fourth-order valence-corrected chi connectivity index (χ4v) is 1.44. The number of carboxylic acid groups (broad SMARTS) is 1. The van der Waals surface area contributed by atoms with Crippen molar-refractivity contribution in [3.63, 3.8) is 0 Å². The summed E-state index contributed by atoms with van der Waals surface area (Å²) in [6.45, 7) is 3.76. The first-order valence-corrected chi connectivity index (χ1v) is 4.30. The predicted molar refractivity (Wildman–Crippen MR) is 44.7 cm³/mol. The lowest BCUT2D eigenvalue weighted by Crippen LogP contribution is -1.95. The van der Waals surface area contributed by atoms with Crippen LogP contribution in [-0.2, 0) is 0 Å². The molecule has 0 radical (unpaired) electrons. The van der Waals surface area contributed by atoms with Gasteiger partial charge in [-0.2, -0.15) is 0 Å². The third-order valence-corrected chi connectivity index (χ3v) is 2.43. The molecule has 1 saturated carbocycles. The third-order valence-electron chi connectivity index (χ3n) is 2.43. The zero-order valence-corrected chi connectivity index (χ0v) is 7.57. The van der Waals surface area contributed by atoms with E-state index in [0.29, 0.717) is 23.4 Å². The Morgan fingerprint density at radius 3 is 2.69 bits per heavy atom. The van der Waals surface area contributed by atoms with Crippen molar-refractivity contribution in [1.29, 1.82) is 0 Å². The van der Waals surface area contributed by atoms with Gasteiger partial charge in [-0.1, -0.05) is 6.92 Å². The van der Waals surface area contributed by atoms with E-state index < -0.39 is 5.97 Å². The van der Waals surface area contributed by atoms with Crippen LogP contribution < -0.4 is 0 Å². The van der Waals surface area contributed by atoms with Crippen molar-refractivity contribution in [3.05, 3.63) is 17.3 Å². The highest BCUT2D eigenvalue weighted by atomic mass is 16.4. The lowest BCUT2D eigenvalue weighted by molar-refractivity contribution is 0.0659. The largest absolute Gasteiger partial charge is 0.475 e. The van der Waals surface area contributed by atoms with E-state index >= 15 is 0 Å². The Balaban J connectivity index is 2.30. The summed E-state index contributed by atoms with van der Waals surface area (Å²) in [5, 5.41) is 8.71. The molecule has 1 N–H and O–H groups in total. The second-order valence-corrected chi connectivity index (χ2v) is 3.59. The number of nitrogens with zero attached hydrogens (tertiary/aromatic N) is 1. The van der Waals surface area contributed by atoms with Gasteiger partial charge in [0.25, 0.3) is 0 Å². The molecule has 0 bridgehead atoms. The molecule has 1 aromatic rings. The Hall–Kier alpha value is -1.32. The monoisotopic (exact) mass is 181 g/mol. The molecular weight excluding hydrogens is 170 g/mol. The van der Waals surface area contributed by atoms with Gasteiger partial charge < -0.3 is 9.52 Å². The van der Waals surface area contributed by atoms with Crippen molar-refractivity contribution in [2.24, 2.45) is 5.92 Å². The Bertz CT molecular complexity index is 356. The van der Waals surface area contributed by atoms with E-state index in [2.05, 4.69) is 11.9 Å². The van der Waals surface area contributed by atoms with Crippen LogP contribution in [0.3, 0.4) is 0 Å². The third kappa shape index (κ3) is 1.32. The van der Waals surface area contributed by atoms with Crippen LogP contribution >= 0.6 is 0 Å². The van der Waals surface area contributed by atoms with E-state index in [1.165, 1.54) is 0 Å². The standard InChI is InChI=1S/C9H11NO3/c1-4-3-6(4)8-10-5(2)7(13-8)9(11)12/h4,6H,3H2,1-2H3,(H,11,12). The van der Waals surface area contributed by atoms with Gasteiger partial charge in [-0.15, -0.1) is 0 Å². The van der Waals surface area contributed by atoms with Gasteiger partial charge in [0.2, 0.25) is 5.76 Å². The molecule has 0 aromatic carbocycles. The minimum absolute atomic E-state index is 0.0194. The number of hydrogen-bond acceptors (Lipinski definition) is 3. The lowest BCUT2D eigenvalue weighted by Gasteiger charge is -1.87. The lowest BCUT2D eigenvalue weighted by atomic mass is 10.3. The second-order valence-electron chi connectivity index (χ2n) is 3.59. The van der Waals surface area contributed by atoms with Crippen LogP contribution in [0.5, 0.6) is 0 Å². The van der Waals surface area contributed by atoms with Gasteiger partial charge in [-0.05, 0) is 19.3 Å². The number of aromatic nitrogens is 1. The average Bonchev–Trinajstić information content (AvgIpc) is 2.61. The molecule has 0 aliphatic heterocycles. The van der Waals surface area contributed by atoms with Crippen molar-refractivity contribution >= 4 is 5.97 Å². The summed E-state index contributed by atoms with van der Waals surface area (Å²) < 4.78 is 5.16. The van der Waals surface area contributed by atoms with E-state index in [0.717, 1.165) is 6.42 Å². The Kier molecular flexibility index (Phi) is 1.65. The van der Waals surface area contributed by atoms with Crippen molar-refractivity contribution < 1.29 is 14.3 Å². The summed E-state index contributed by atoms with van der Waals surface area (Å²) in [5.41, 5.74) is 0.474. The molecule has 2 unspecified atom stereocenters. The Morgan fingerprint density at radius 1 is 1.69 bits per heavy atom. The molecule has 2 atom stereocenters. The van der Waals surface area contributed by atoms with Crippen molar-refractivity contribution in [2.75, 3.05) is 0 Å². The molecule has 13 heavy (non-hydrogen) atoms. The van der Waals surface area contributed by atoms with E-state index in [9.17, 15) is 4.79 Å². The molecule has 2 rings (SSSR count). The molecule has 1 aliphatic carbocycles. The van der Waals surface area contributed by atoms with E-state index in [-0.39, 0.29) is 5.76 Å². The maximum Gasteiger partial charge on any atom is 0.373 e. The molecule has 0 amide bonds.